The molecular formula is C19H31FN4O. The first-order valence-corrected chi connectivity index (χ1v) is 9.00. The first-order chi connectivity index (χ1) is 12.1. The van der Waals surface area contributed by atoms with Crippen LogP contribution in [0.15, 0.2) is 29.3 Å². The number of halogens is 1. The maximum Gasteiger partial charge on any atom is 0.193 e. The normalized spacial score (nSPS) is 16.9. The third kappa shape index (κ3) is 6.63. The Morgan fingerprint density at radius 3 is 2.80 bits per heavy atom. The van der Waals surface area contributed by atoms with Crippen molar-refractivity contribution in [2.45, 2.75) is 19.4 Å². The zero-order valence-corrected chi connectivity index (χ0v) is 15.7. The molecule has 140 valence electrons. The van der Waals surface area contributed by atoms with Gasteiger partial charge in [-0.15, -0.1) is 0 Å². The summed E-state index contributed by atoms with van der Waals surface area (Å²) >= 11 is 0. The lowest BCUT2D eigenvalue weighted by atomic mass is 9.97. The molecular weight excluding hydrogens is 319 g/mol. The largest absolute Gasteiger partial charge is 0.383 e. The number of aliphatic imine (C=N–C) groups is 1. The lowest BCUT2D eigenvalue weighted by molar-refractivity contribution is 0.120. The van der Waals surface area contributed by atoms with Crippen molar-refractivity contribution in [1.29, 1.82) is 0 Å². The lowest BCUT2D eigenvalue weighted by Gasteiger charge is -2.32. The summed E-state index contributed by atoms with van der Waals surface area (Å²) in [4.78, 5) is 8.85. The Bertz CT molecular complexity index is 544. The number of likely N-dealkylation sites (tertiary alicyclic amines) is 1. The predicted molar refractivity (Wildman–Crippen MR) is 100 cm³/mol. The van der Waals surface area contributed by atoms with Gasteiger partial charge in [-0.3, -0.25) is 4.99 Å². The van der Waals surface area contributed by atoms with E-state index in [0.717, 1.165) is 44.3 Å². The minimum atomic E-state index is -0.200. The quantitative estimate of drug-likeness (QED) is 0.604. The van der Waals surface area contributed by atoms with Crippen LogP contribution in [-0.4, -0.2) is 69.8 Å². The molecule has 5 nitrogen and oxygen atoms in total. The summed E-state index contributed by atoms with van der Waals surface area (Å²) in [6, 6.07) is 6.71. The van der Waals surface area contributed by atoms with Crippen molar-refractivity contribution in [3.05, 3.63) is 35.6 Å². The van der Waals surface area contributed by atoms with E-state index in [1.54, 1.807) is 26.3 Å². The van der Waals surface area contributed by atoms with Crippen LogP contribution in [0.1, 0.15) is 18.4 Å². The van der Waals surface area contributed by atoms with Crippen LogP contribution in [0.3, 0.4) is 0 Å². The van der Waals surface area contributed by atoms with E-state index in [1.807, 2.05) is 18.0 Å². The number of rotatable bonds is 7. The van der Waals surface area contributed by atoms with E-state index in [2.05, 4.69) is 15.2 Å². The summed E-state index contributed by atoms with van der Waals surface area (Å²) in [5.41, 5.74) is 0.942. The van der Waals surface area contributed by atoms with Gasteiger partial charge in [0.05, 0.1) is 6.61 Å². The van der Waals surface area contributed by atoms with Gasteiger partial charge in [0.1, 0.15) is 5.82 Å². The monoisotopic (exact) mass is 350 g/mol. The van der Waals surface area contributed by atoms with E-state index in [4.69, 9.17) is 4.74 Å². The van der Waals surface area contributed by atoms with Crippen LogP contribution in [0.25, 0.3) is 0 Å². The number of methoxy groups -OCH3 is 1. The zero-order chi connectivity index (χ0) is 18.1. The van der Waals surface area contributed by atoms with Gasteiger partial charge in [-0.1, -0.05) is 12.1 Å². The Morgan fingerprint density at radius 2 is 2.16 bits per heavy atom. The standard InChI is InChI=1S/C19H31FN4O/c1-21-19(23(2)15-17-5-4-6-18(20)13-17)22-14-16-7-9-24(10-8-16)11-12-25-3/h4-6,13,16H,7-12,14-15H2,1-3H3,(H,21,22). The van der Waals surface area contributed by atoms with Gasteiger partial charge in [0.15, 0.2) is 5.96 Å². The van der Waals surface area contributed by atoms with E-state index in [9.17, 15) is 4.39 Å². The molecule has 0 bridgehead atoms. The molecule has 1 N–H and O–H groups in total. The lowest BCUT2D eigenvalue weighted by Crippen LogP contribution is -2.43. The molecule has 1 aromatic rings. The van der Waals surface area contributed by atoms with Gasteiger partial charge in [-0.25, -0.2) is 4.39 Å². The molecule has 0 saturated carbocycles. The number of hydrogen-bond donors (Lipinski definition) is 1. The predicted octanol–water partition coefficient (Wildman–Crippen LogP) is 2.19. The summed E-state index contributed by atoms with van der Waals surface area (Å²) in [5, 5.41) is 3.47. The fourth-order valence-electron chi connectivity index (χ4n) is 3.24. The van der Waals surface area contributed by atoms with E-state index < -0.39 is 0 Å². The van der Waals surface area contributed by atoms with E-state index in [0.29, 0.717) is 12.5 Å². The number of benzene rings is 1. The summed E-state index contributed by atoms with van der Waals surface area (Å²) in [6.45, 7) is 5.65. The van der Waals surface area contributed by atoms with Crippen LogP contribution in [-0.2, 0) is 11.3 Å². The molecule has 25 heavy (non-hydrogen) atoms. The molecule has 1 saturated heterocycles. The van der Waals surface area contributed by atoms with E-state index in [1.165, 1.54) is 18.9 Å². The van der Waals surface area contributed by atoms with Crippen molar-refractivity contribution in [1.82, 2.24) is 15.1 Å². The SMILES string of the molecule is CN=C(NCC1CCN(CCOC)CC1)N(C)Cc1cccc(F)c1. The van der Waals surface area contributed by atoms with Gasteiger partial charge in [-0.05, 0) is 49.5 Å². The van der Waals surface area contributed by atoms with Crippen molar-refractivity contribution in [2.24, 2.45) is 10.9 Å². The number of hydrogen-bond acceptors (Lipinski definition) is 3. The number of piperidine rings is 1. The molecule has 0 amide bonds. The Hall–Kier alpha value is -1.66. The van der Waals surface area contributed by atoms with Gasteiger partial charge in [0.2, 0.25) is 0 Å². The molecule has 0 aromatic heterocycles. The highest BCUT2D eigenvalue weighted by molar-refractivity contribution is 5.79. The van der Waals surface area contributed by atoms with Gasteiger partial charge < -0.3 is 19.9 Å². The molecule has 2 rings (SSSR count). The summed E-state index contributed by atoms with van der Waals surface area (Å²) in [6.07, 6.45) is 2.39. The highest BCUT2D eigenvalue weighted by Gasteiger charge is 2.19. The van der Waals surface area contributed by atoms with Gasteiger partial charge in [-0.2, -0.15) is 0 Å². The summed E-state index contributed by atoms with van der Waals surface area (Å²) in [7, 11) is 5.52. The minimum Gasteiger partial charge on any atom is -0.383 e. The molecule has 1 aliphatic rings. The second-order valence-electron chi connectivity index (χ2n) is 6.69. The smallest absolute Gasteiger partial charge is 0.193 e. The van der Waals surface area contributed by atoms with E-state index >= 15 is 0 Å². The first kappa shape index (κ1) is 19.7. The molecule has 0 unspecified atom stereocenters. The van der Waals surface area contributed by atoms with Gasteiger partial charge >= 0.3 is 0 Å². The molecule has 0 radical (unpaired) electrons. The molecule has 1 heterocycles. The molecule has 1 aromatic carbocycles. The van der Waals surface area contributed by atoms with Crippen molar-refractivity contribution in [3.63, 3.8) is 0 Å². The number of nitrogens with one attached hydrogen (secondary N) is 1. The molecule has 1 aliphatic heterocycles. The fourth-order valence-corrected chi connectivity index (χ4v) is 3.24. The molecule has 6 heteroatoms. The Morgan fingerprint density at radius 1 is 1.40 bits per heavy atom. The Kier molecular flexibility index (Phi) is 8.15. The molecule has 0 spiro atoms. The maximum atomic E-state index is 13.3. The second-order valence-corrected chi connectivity index (χ2v) is 6.69. The third-order valence-electron chi connectivity index (χ3n) is 4.75. The van der Waals surface area contributed by atoms with Gasteiger partial charge in [0.25, 0.3) is 0 Å². The van der Waals surface area contributed by atoms with Crippen molar-refractivity contribution < 1.29 is 9.13 Å². The Balaban J connectivity index is 1.75. The molecule has 0 aliphatic carbocycles. The average Bonchev–Trinajstić information content (AvgIpc) is 2.61. The summed E-state index contributed by atoms with van der Waals surface area (Å²) in [5.74, 6) is 1.32. The second kappa shape index (κ2) is 10.4. The Labute approximate surface area is 150 Å². The third-order valence-corrected chi connectivity index (χ3v) is 4.75. The van der Waals surface area contributed by atoms with Crippen LogP contribution in [0, 0.1) is 11.7 Å². The summed E-state index contributed by atoms with van der Waals surface area (Å²) < 4.78 is 18.5. The van der Waals surface area contributed by atoms with Crippen LogP contribution in [0.4, 0.5) is 4.39 Å². The first-order valence-electron chi connectivity index (χ1n) is 9.00. The minimum absolute atomic E-state index is 0.200. The van der Waals surface area contributed by atoms with Crippen molar-refractivity contribution in [3.8, 4) is 0 Å². The van der Waals surface area contributed by atoms with Gasteiger partial charge in [0, 0.05) is 40.8 Å². The number of ether oxygens (including phenoxy) is 1. The topological polar surface area (TPSA) is 40.1 Å². The number of nitrogens with zero attached hydrogens (tertiary/aromatic N) is 3. The average molecular weight is 350 g/mol. The van der Waals surface area contributed by atoms with Crippen LogP contribution >= 0.6 is 0 Å². The highest BCUT2D eigenvalue weighted by Crippen LogP contribution is 2.16. The van der Waals surface area contributed by atoms with E-state index in [-0.39, 0.29) is 5.82 Å². The highest BCUT2D eigenvalue weighted by atomic mass is 19.1. The van der Waals surface area contributed by atoms with Crippen molar-refractivity contribution in [2.75, 3.05) is 54.0 Å². The zero-order valence-electron chi connectivity index (χ0n) is 15.7. The number of guanidine groups is 1. The fraction of sp³-hybridized carbons (Fsp3) is 0.632. The van der Waals surface area contributed by atoms with Crippen LogP contribution < -0.4 is 5.32 Å². The molecule has 0 atom stereocenters. The van der Waals surface area contributed by atoms with Crippen LogP contribution in [0.2, 0.25) is 0 Å². The van der Waals surface area contributed by atoms with Crippen LogP contribution in [0.5, 0.6) is 0 Å². The van der Waals surface area contributed by atoms with Crippen molar-refractivity contribution >= 4 is 5.96 Å². The maximum absolute atomic E-state index is 13.3. The molecule has 1 fully saturated rings.